The molecule has 0 radical (unpaired) electrons. The Bertz CT molecular complexity index is 735. The van der Waals surface area contributed by atoms with Crippen LogP contribution in [0.3, 0.4) is 0 Å². The van der Waals surface area contributed by atoms with Gasteiger partial charge in [-0.15, -0.1) is 5.10 Å². The van der Waals surface area contributed by atoms with Crippen molar-refractivity contribution in [2.24, 2.45) is 5.73 Å². The van der Waals surface area contributed by atoms with Gasteiger partial charge >= 0.3 is 6.09 Å². The topological polar surface area (TPSA) is 130 Å². The van der Waals surface area contributed by atoms with Crippen molar-refractivity contribution in [3.8, 4) is 0 Å². The van der Waals surface area contributed by atoms with Gasteiger partial charge in [-0.05, 0) is 39.3 Å². The number of carbonyl (C=O) groups excluding carboxylic acids is 2. The molecule has 0 aliphatic carbocycles. The quantitative estimate of drug-likeness (QED) is 0.786. The van der Waals surface area contributed by atoms with Gasteiger partial charge in [-0.2, -0.15) is 15.0 Å². The van der Waals surface area contributed by atoms with Crippen molar-refractivity contribution < 1.29 is 14.3 Å². The average Bonchev–Trinajstić information content (AvgIpc) is 3.06. The van der Waals surface area contributed by atoms with Crippen LogP contribution in [0.4, 0.5) is 10.6 Å². The summed E-state index contributed by atoms with van der Waals surface area (Å²) >= 11 is 0. The van der Waals surface area contributed by atoms with Crippen LogP contribution in [0.25, 0.3) is 0 Å². The van der Waals surface area contributed by atoms with E-state index in [1.54, 1.807) is 6.92 Å². The van der Waals surface area contributed by atoms with Crippen LogP contribution in [0.1, 0.15) is 28.7 Å². The molecule has 10 heteroatoms. The summed E-state index contributed by atoms with van der Waals surface area (Å²) < 4.78 is 6.08. The fraction of sp³-hybridized carbons (Fsp3) is 0.500. The number of aromatic nitrogens is 5. The molecule has 0 saturated carbocycles. The number of nitrogens with zero attached hydrogens (tertiary/aromatic N) is 5. The summed E-state index contributed by atoms with van der Waals surface area (Å²) in [5, 5.41) is 14.6. The lowest BCUT2D eigenvalue weighted by Crippen LogP contribution is -2.22. The van der Waals surface area contributed by atoms with E-state index in [9.17, 15) is 9.59 Å². The predicted molar refractivity (Wildman–Crippen MR) is 85.8 cm³/mol. The molecule has 130 valence electrons. The van der Waals surface area contributed by atoms with Crippen LogP contribution in [0.2, 0.25) is 0 Å². The van der Waals surface area contributed by atoms with E-state index in [-0.39, 0.29) is 24.9 Å². The second-order valence-electron chi connectivity index (χ2n) is 5.10. The molecule has 2 aromatic rings. The molecule has 3 N–H and O–H groups in total. The zero-order valence-corrected chi connectivity index (χ0v) is 13.9. The highest BCUT2D eigenvalue weighted by atomic mass is 16.5. The highest BCUT2D eigenvalue weighted by Gasteiger charge is 2.17. The Labute approximate surface area is 139 Å². The lowest BCUT2D eigenvalue weighted by Gasteiger charge is -2.04. The number of aryl methyl sites for hydroxylation is 1. The number of hydrogen-bond acceptors (Lipinski definition) is 7. The van der Waals surface area contributed by atoms with Crippen molar-refractivity contribution >= 4 is 17.8 Å². The first kappa shape index (κ1) is 17.6. The van der Waals surface area contributed by atoms with Crippen molar-refractivity contribution in [1.82, 2.24) is 24.8 Å². The van der Waals surface area contributed by atoms with Gasteiger partial charge in [0.2, 0.25) is 0 Å². The molecule has 0 fully saturated rings. The van der Waals surface area contributed by atoms with Gasteiger partial charge < -0.3 is 10.5 Å². The van der Waals surface area contributed by atoms with Gasteiger partial charge in [0.1, 0.15) is 6.54 Å². The highest BCUT2D eigenvalue weighted by Crippen LogP contribution is 2.13. The summed E-state index contributed by atoms with van der Waals surface area (Å²) in [6.45, 7) is 6.01. The van der Waals surface area contributed by atoms with Crippen LogP contribution >= 0.6 is 0 Å². The minimum absolute atomic E-state index is 0.103. The smallest absolute Gasteiger partial charge is 0.412 e. The number of rotatable bonds is 6. The van der Waals surface area contributed by atoms with E-state index in [0.717, 1.165) is 17.0 Å². The van der Waals surface area contributed by atoms with E-state index in [1.165, 1.54) is 15.7 Å². The molecule has 2 rings (SSSR count). The molecule has 0 atom stereocenters. The van der Waals surface area contributed by atoms with E-state index < -0.39 is 6.09 Å². The number of ether oxygens (including phenoxy) is 1. The van der Waals surface area contributed by atoms with E-state index in [1.807, 2.05) is 13.8 Å². The molecule has 0 saturated heterocycles. The molecule has 0 bridgehead atoms. The molecule has 0 aliphatic heterocycles. The lowest BCUT2D eigenvalue weighted by atomic mass is 10.1. The largest absolute Gasteiger partial charge is 0.450 e. The van der Waals surface area contributed by atoms with Gasteiger partial charge in [0.25, 0.3) is 5.91 Å². The molecule has 24 heavy (non-hydrogen) atoms. The summed E-state index contributed by atoms with van der Waals surface area (Å²) in [7, 11) is 0. The van der Waals surface area contributed by atoms with E-state index in [0.29, 0.717) is 13.0 Å². The molecule has 0 aromatic carbocycles. The van der Waals surface area contributed by atoms with Gasteiger partial charge in [-0.3, -0.25) is 10.1 Å². The summed E-state index contributed by atoms with van der Waals surface area (Å²) in [5.41, 5.74) is 8.10. The maximum atomic E-state index is 12.4. The standard InChI is InChI=1S/C14H21N7O3/c1-4-24-14(23)17-12-7-16-20(19-12)8-13(22)21-10(3)11(5-6-15)9(2)18-21/h7H,4-6,8,15H2,1-3H3,(H,17,19,23). The van der Waals surface area contributed by atoms with Crippen molar-refractivity contribution in [3.05, 3.63) is 23.1 Å². The van der Waals surface area contributed by atoms with E-state index in [2.05, 4.69) is 20.6 Å². The second kappa shape index (κ2) is 7.68. The molecule has 10 nitrogen and oxygen atoms in total. The zero-order chi connectivity index (χ0) is 17.7. The first-order valence-corrected chi connectivity index (χ1v) is 7.58. The minimum atomic E-state index is -0.624. The molecule has 2 aromatic heterocycles. The summed E-state index contributed by atoms with van der Waals surface area (Å²) in [6, 6.07) is 0. The number of carbonyl (C=O) groups is 2. The molecular weight excluding hydrogens is 314 g/mol. The fourth-order valence-corrected chi connectivity index (χ4v) is 2.31. The van der Waals surface area contributed by atoms with Crippen LogP contribution in [-0.2, 0) is 17.7 Å². The second-order valence-corrected chi connectivity index (χ2v) is 5.10. The fourth-order valence-electron chi connectivity index (χ4n) is 2.31. The monoisotopic (exact) mass is 335 g/mol. The number of nitrogens with two attached hydrogens (primary N) is 1. The SMILES string of the molecule is CCOC(=O)Nc1cnn(CC(=O)n2nc(C)c(CCN)c2C)n1. The maximum absolute atomic E-state index is 12.4. The number of hydrogen-bond donors (Lipinski definition) is 2. The average molecular weight is 335 g/mol. The number of nitrogens with one attached hydrogen (secondary N) is 1. The molecule has 2 heterocycles. The Morgan fingerprint density at radius 2 is 2.08 bits per heavy atom. The highest BCUT2D eigenvalue weighted by molar-refractivity contribution is 5.83. The maximum Gasteiger partial charge on any atom is 0.412 e. The summed E-state index contributed by atoms with van der Waals surface area (Å²) in [4.78, 5) is 24.9. The Hall–Kier alpha value is -2.75. The van der Waals surface area contributed by atoms with Crippen molar-refractivity contribution in [2.45, 2.75) is 33.7 Å². The zero-order valence-electron chi connectivity index (χ0n) is 13.9. The third-order valence-corrected chi connectivity index (χ3v) is 3.39. The summed E-state index contributed by atoms with van der Waals surface area (Å²) in [5.74, 6) is -0.0735. The van der Waals surface area contributed by atoms with Crippen LogP contribution in [0.5, 0.6) is 0 Å². The van der Waals surface area contributed by atoms with Gasteiger partial charge in [0, 0.05) is 5.69 Å². The molecule has 1 amide bonds. The number of amides is 1. The third-order valence-electron chi connectivity index (χ3n) is 3.39. The van der Waals surface area contributed by atoms with E-state index >= 15 is 0 Å². The first-order chi connectivity index (χ1) is 11.5. The molecular formula is C14H21N7O3. The predicted octanol–water partition coefficient (Wildman–Crippen LogP) is 0.501. The molecule has 0 spiro atoms. The Morgan fingerprint density at radius 1 is 1.33 bits per heavy atom. The Kier molecular flexibility index (Phi) is 5.64. The van der Waals surface area contributed by atoms with E-state index in [4.69, 9.17) is 10.5 Å². The van der Waals surface area contributed by atoms with Crippen LogP contribution in [0, 0.1) is 13.8 Å². The van der Waals surface area contributed by atoms with Gasteiger partial charge in [-0.1, -0.05) is 0 Å². The molecule has 0 unspecified atom stereocenters. The van der Waals surface area contributed by atoms with Crippen molar-refractivity contribution in [1.29, 1.82) is 0 Å². The van der Waals surface area contributed by atoms with Gasteiger partial charge in [0.15, 0.2) is 5.82 Å². The Balaban J connectivity index is 2.06. The van der Waals surface area contributed by atoms with Crippen molar-refractivity contribution in [2.75, 3.05) is 18.5 Å². The van der Waals surface area contributed by atoms with Gasteiger partial charge in [-0.25, -0.2) is 9.48 Å². The lowest BCUT2D eigenvalue weighted by molar-refractivity contribution is 0.0861. The third kappa shape index (κ3) is 3.96. The molecule has 0 aliphatic rings. The van der Waals surface area contributed by atoms with Gasteiger partial charge in [0.05, 0.1) is 18.5 Å². The van der Waals surface area contributed by atoms with Crippen LogP contribution in [-0.4, -0.2) is 49.9 Å². The van der Waals surface area contributed by atoms with Crippen LogP contribution in [0.15, 0.2) is 6.20 Å². The summed E-state index contributed by atoms with van der Waals surface area (Å²) in [6.07, 6.45) is 1.38. The normalized spacial score (nSPS) is 10.7. The number of anilines is 1. The first-order valence-electron chi connectivity index (χ1n) is 7.58. The Morgan fingerprint density at radius 3 is 2.75 bits per heavy atom. The van der Waals surface area contributed by atoms with Crippen molar-refractivity contribution in [3.63, 3.8) is 0 Å². The van der Waals surface area contributed by atoms with Crippen LogP contribution < -0.4 is 11.1 Å². The minimum Gasteiger partial charge on any atom is -0.450 e.